The summed E-state index contributed by atoms with van der Waals surface area (Å²) in [6.45, 7) is 14.3. The van der Waals surface area contributed by atoms with Gasteiger partial charge < -0.3 is 0 Å². The first-order valence-corrected chi connectivity index (χ1v) is 7.84. The monoisotopic (exact) mass is 280 g/mol. The van der Waals surface area contributed by atoms with Gasteiger partial charge in [0, 0.05) is 5.41 Å². The summed E-state index contributed by atoms with van der Waals surface area (Å²) in [4.78, 5) is 0. The summed E-state index contributed by atoms with van der Waals surface area (Å²) in [6, 6.07) is 0. The van der Waals surface area contributed by atoms with Gasteiger partial charge in [0.05, 0.1) is 0 Å². The molecule has 0 heterocycles. The Balaban J connectivity index is 0.00000106. The van der Waals surface area contributed by atoms with Crippen LogP contribution >= 0.6 is 0 Å². The van der Waals surface area contributed by atoms with E-state index in [1.54, 1.807) is 0 Å². The molecule has 0 radical (unpaired) electrons. The largest absolute Gasteiger partial charge is 0.0991 e. The van der Waals surface area contributed by atoms with Gasteiger partial charge in [0.2, 0.25) is 0 Å². The van der Waals surface area contributed by atoms with Crippen molar-refractivity contribution in [1.82, 2.24) is 0 Å². The zero-order valence-corrected chi connectivity index (χ0v) is 14.1. The van der Waals surface area contributed by atoms with Crippen molar-refractivity contribution in [3.8, 4) is 0 Å². The Morgan fingerprint density at radius 1 is 1.10 bits per heavy atom. The maximum absolute atomic E-state index is 3.82. The fraction of sp³-hybridized carbons (Fsp3) is 0.333. The number of allylic oxidation sites excluding steroid dienone is 13. The van der Waals surface area contributed by atoms with Gasteiger partial charge in [0.1, 0.15) is 0 Å². The molecule has 112 valence electrons. The van der Waals surface area contributed by atoms with E-state index in [1.165, 1.54) is 22.3 Å². The summed E-state index contributed by atoms with van der Waals surface area (Å²) in [5, 5.41) is 0. The van der Waals surface area contributed by atoms with Crippen molar-refractivity contribution in [2.24, 2.45) is 5.41 Å². The Morgan fingerprint density at radius 3 is 2.38 bits per heavy atom. The molecule has 0 saturated heterocycles. The summed E-state index contributed by atoms with van der Waals surface area (Å²) in [6.07, 6.45) is 20.5. The summed E-state index contributed by atoms with van der Waals surface area (Å²) < 4.78 is 0. The van der Waals surface area contributed by atoms with Crippen LogP contribution in [0, 0.1) is 5.41 Å². The van der Waals surface area contributed by atoms with Gasteiger partial charge in [-0.05, 0) is 35.6 Å². The molecule has 0 aromatic heterocycles. The van der Waals surface area contributed by atoms with Crippen molar-refractivity contribution in [2.45, 2.75) is 41.0 Å². The van der Waals surface area contributed by atoms with Gasteiger partial charge in [-0.25, -0.2) is 0 Å². The first-order valence-electron chi connectivity index (χ1n) is 7.84. The Kier molecular flexibility index (Phi) is 6.42. The molecule has 21 heavy (non-hydrogen) atoms. The van der Waals surface area contributed by atoms with E-state index in [9.17, 15) is 0 Å². The summed E-state index contributed by atoms with van der Waals surface area (Å²) in [7, 11) is 0. The molecule has 0 aliphatic heterocycles. The average molecular weight is 280 g/mol. The van der Waals surface area contributed by atoms with Gasteiger partial charge in [-0.3, -0.25) is 0 Å². The SMILES string of the molecule is C=C/C=C1/CC2=C(C=CC(C)(C)C=C2)/C1=C/C=C/C.CC. The quantitative estimate of drug-likeness (QED) is 0.543. The van der Waals surface area contributed by atoms with Gasteiger partial charge in [-0.2, -0.15) is 0 Å². The van der Waals surface area contributed by atoms with E-state index in [-0.39, 0.29) is 5.41 Å². The minimum absolute atomic E-state index is 0.137. The van der Waals surface area contributed by atoms with Crippen LogP contribution in [0.5, 0.6) is 0 Å². The standard InChI is InChI=1S/C19H22.C2H6/c1-5-7-9-17-15(8-6-2)14-16-10-12-19(3,4)13-11-18(16)17;1-2/h5-13H,2,14H2,1,3-4H3;1-2H3/b7-5+,15-8-,17-9+;. The first-order chi connectivity index (χ1) is 10.1. The summed E-state index contributed by atoms with van der Waals surface area (Å²) in [5.74, 6) is 0. The molecule has 0 bridgehead atoms. The molecule has 0 aromatic rings. The normalized spacial score (nSPS) is 23.3. The van der Waals surface area contributed by atoms with Crippen molar-refractivity contribution in [3.05, 3.63) is 83.6 Å². The fourth-order valence-corrected chi connectivity index (χ4v) is 2.44. The molecule has 0 atom stereocenters. The van der Waals surface area contributed by atoms with Crippen molar-refractivity contribution >= 4 is 0 Å². The highest BCUT2D eigenvalue weighted by atomic mass is 14.3. The predicted octanol–water partition coefficient (Wildman–Crippen LogP) is 6.48. The van der Waals surface area contributed by atoms with Crippen molar-refractivity contribution < 1.29 is 0 Å². The molecule has 0 spiro atoms. The van der Waals surface area contributed by atoms with Gasteiger partial charge in [-0.1, -0.05) is 89.0 Å². The summed E-state index contributed by atoms with van der Waals surface area (Å²) in [5.41, 5.74) is 5.58. The molecular weight excluding hydrogens is 252 g/mol. The minimum atomic E-state index is 0.137. The van der Waals surface area contributed by atoms with Crippen molar-refractivity contribution in [2.75, 3.05) is 0 Å². The molecule has 0 aromatic carbocycles. The maximum Gasteiger partial charge on any atom is 0.00110 e. The average Bonchev–Trinajstić information content (AvgIpc) is 2.72. The molecule has 0 saturated carbocycles. The van der Waals surface area contributed by atoms with Gasteiger partial charge in [0.15, 0.2) is 0 Å². The van der Waals surface area contributed by atoms with Crippen LogP contribution in [0.1, 0.15) is 41.0 Å². The highest BCUT2D eigenvalue weighted by Gasteiger charge is 2.23. The van der Waals surface area contributed by atoms with Crippen molar-refractivity contribution in [3.63, 3.8) is 0 Å². The molecular formula is C21H28. The Hall–Kier alpha value is -1.82. The second-order valence-electron chi connectivity index (χ2n) is 5.64. The van der Waals surface area contributed by atoms with E-state index >= 15 is 0 Å². The molecule has 2 rings (SSSR count). The molecule has 2 aliphatic carbocycles. The number of hydrogen-bond donors (Lipinski definition) is 0. The van der Waals surface area contributed by atoms with Crippen LogP contribution in [0.25, 0.3) is 0 Å². The molecule has 0 N–H and O–H groups in total. The molecule has 2 aliphatic rings. The van der Waals surface area contributed by atoms with E-state index in [0.29, 0.717) is 0 Å². The molecule has 0 fully saturated rings. The van der Waals surface area contributed by atoms with Gasteiger partial charge in [0.25, 0.3) is 0 Å². The summed E-state index contributed by atoms with van der Waals surface area (Å²) >= 11 is 0. The van der Waals surface area contributed by atoms with Crippen molar-refractivity contribution in [1.29, 1.82) is 0 Å². The number of rotatable bonds is 2. The molecule has 0 amide bonds. The topological polar surface area (TPSA) is 0 Å². The predicted molar refractivity (Wildman–Crippen MR) is 96.2 cm³/mol. The van der Waals surface area contributed by atoms with E-state index in [4.69, 9.17) is 0 Å². The second-order valence-corrected chi connectivity index (χ2v) is 5.64. The van der Waals surface area contributed by atoms with Crippen LogP contribution in [0.15, 0.2) is 83.6 Å². The van der Waals surface area contributed by atoms with Crippen LogP contribution in [0.2, 0.25) is 0 Å². The molecule has 0 heteroatoms. The van der Waals surface area contributed by atoms with Crippen LogP contribution in [-0.4, -0.2) is 0 Å². The Bertz CT molecular complexity index is 555. The van der Waals surface area contributed by atoms with Gasteiger partial charge in [-0.15, -0.1) is 0 Å². The zero-order valence-electron chi connectivity index (χ0n) is 14.1. The van der Waals surface area contributed by atoms with Crippen LogP contribution in [0.3, 0.4) is 0 Å². The lowest BCUT2D eigenvalue weighted by molar-refractivity contribution is 0.626. The van der Waals surface area contributed by atoms with E-state index in [1.807, 2.05) is 26.8 Å². The maximum atomic E-state index is 3.82. The lowest BCUT2D eigenvalue weighted by atomic mass is 9.92. The smallest absolute Gasteiger partial charge is 0.00110 e. The van der Waals surface area contributed by atoms with Crippen LogP contribution in [-0.2, 0) is 0 Å². The zero-order chi connectivity index (χ0) is 15.9. The Labute approximate surface area is 130 Å². The van der Waals surface area contributed by atoms with E-state index in [0.717, 1.165) is 6.42 Å². The third-order valence-electron chi connectivity index (χ3n) is 3.53. The first kappa shape index (κ1) is 17.2. The highest BCUT2D eigenvalue weighted by Crippen LogP contribution is 2.40. The molecule has 0 nitrogen and oxygen atoms in total. The van der Waals surface area contributed by atoms with E-state index < -0.39 is 0 Å². The third kappa shape index (κ3) is 4.32. The van der Waals surface area contributed by atoms with Gasteiger partial charge >= 0.3 is 0 Å². The van der Waals surface area contributed by atoms with Crippen LogP contribution < -0.4 is 0 Å². The fourth-order valence-electron chi connectivity index (χ4n) is 2.44. The number of hydrogen-bond acceptors (Lipinski definition) is 0. The third-order valence-corrected chi connectivity index (χ3v) is 3.53. The minimum Gasteiger partial charge on any atom is -0.0991 e. The Morgan fingerprint density at radius 2 is 1.76 bits per heavy atom. The second kappa shape index (κ2) is 7.83. The van der Waals surface area contributed by atoms with Crippen LogP contribution in [0.4, 0.5) is 0 Å². The highest BCUT2D eigenvalue weighted by molar-refractivity contribution is 5.65. The molecule has 0 unspecified atom stereocenters. The lowest BCUT2D eigenvalue weighted by Gasteiger charge is -2.13. The lowest BCUT2D eigenvalue weighted by Crippen LogP contribution is -2.01. The van der Waals surface area contributed by atoms with E-state index in [2.05, 4.69) is 69.0 Å².